The Morgan fingerprint density at radius 1 is 1.45 bits per heavy atom. The minimum absolute atomic E-state index is 0.159. The number of aliphatic hydroxyl groups is 1. The molecule has 20 heavy (non-hydrogen) atoms. The predicted octanol–water partition coefficient (Wildman–Crippen LogP) is 1.15. The molecular formula is C16H22N2O2. The predicted molar refractivity (Wildman–Crippen MR) is 80.4 cm³/mol. The van der Waals surface area contributed by atoms with Crippen molar-refractivity contribution in [3.63, 3.8) is 0 Å². The van der Waals surface area contributed by atoms with Crippen LogP contribution in [0.25, 0.3) is 0 Å². The van der Waals surface area contributed by atoms with Gasteiger partial charge in [0.25, 0.3) is 5.91 Å². The number of rotatable bonds is 3. The van der Waals surface area contributed by atoms with E-state index < -0.39 is 5.60 Å². The van der Waals surface area contributed by atoms with Crippen LogP contribution in [0.15, 0.2) is 18.2 Å². The SMILES string of the molecule is Cc1ccc(C(=O)N(C)CC(C)(C)O)c(C#CCN)c1. The van der Waals surface area contributed by atoms with Gasteiger partial charge < -0.3 is 15.7 Å². The van der Waals surface area contributed by atoms with E-state index in [0.717, 1.165) is 5.56 Å². The number of aryl methyl sites for hydroxylation is 1. The molecule has 0 spiro atoms. The highest BCUT2D eigenvalue weighted by Crippen LogP contribution is 2.14. The first-order valence-corrected chi connectivity index (χ1v) is 6.52. The molecule has 4 nitrogen and oxygen atoms in total. The third kappa shape index (κ3) is 4.69. The van der Waals surface area contributed by atoms with Crippen molar-refractivity contribution in [1.82, 2.24) is 4.90 Å². The van der Waals surface area contributed by atoms with Crippen LogP contribution in [-0.2, 0) is 0 Å². The van der Waals surface area contributed by atoms with Gasteiger partial charge in [0.15, 0.2) is 0 Å². The van der Waals surface area contributed by atoms with Crippen LogP contribution in [0.5, 0.6) is 0 Å². The molecule has 1 aromatic rings. The van der Waals surface area contributed by atoms with Crippen molar-refractivity contribution in [3.05, 3.63) is 34.9 Å². The van der Waals surface area contributed by atoms with Gasteiger partial charge in [-0.25, -0.2) is 0 Å². The van der Waals surface area contributed by atoms with Crippen molar-refractivity contribution in [2.75, 3.05) is 20.1 Å². The molecule has 0 aliphatic heterocycles. The second-order valence-corrected chi connectivity index (χ2v) is 5.53. The fourth-order valence-electron chi connectivity index (χ4n) is 1.95. The first-order chi connectivity index (χ1) is 9.24. The molecule has 0 radical (unpaired) electrons. The molecule has 0 aromatic heterocycles. The molecule has 3 N–H and O–H groups in total. The van der Waals surface area contributed by atoms with Crippen LogP contribution in [0.2, 0.25) is 0 Å². The highest BCUT2D eigenvalue weighted by molar-refractivity contribution is 5.96. The largest absolute Gasteiger partial charge is 0.389 e. The lowest BCUT2D eigenvalue weighted by Gasteiger charge is -2.26. The number of likely N-dealkylation sites (N-methyl/N-ethyl adjacent to an activating group) is 1. The molecule has 1 amide bonds. The van der Waals surface area contributed by atoms with Gasteiger partial charge >= 0.3 is 0 Å². The summed E-state index contributed by atoms with van der Waals surface area (Å²) in [6, 6.07) is 5.51. The summed E-state index contributed by atoms with van der Waals surface area (Å²) in [6.45, 7) is 5.79. The Balaban J connectivity index is 3.09. The maximum absolute atomic E-state index is 12.4. The van der Waals surface area contributed by atoms with E-state index in [2.05, 4.69) is 11.8 Å². The van der Waals surface area contributed by atoms with Gasteiger partial charge in [-0.1, -0.05) is 17.9 Å². The molecule has 0 unspecified atom stereocenters. The Kier molecular flexibility index (Phi) is 5.32. The Morgan fingerprint density at radius 3 is 2.65 bits per heavy atom. The molecule has 108 valence electrons. The van der Waals surface area contributed by atoms with Crippen LogP contribution in [-0.4, -0.2) is 41.7 Å². The second-order valence-electron chi connectivity index (χ2n) is 5.53. The van der Waals surface area contributed by atoms with Crippen molar-refractivity contribution in [2.24, 2.45) is 5.73 Å². The average Bonchev–Trinajstić information content (AvgIpc) is 2.33. The monoisotopic (exact) mass is 274 g/mol. The van der Waals surface area contributed by atoms with Crippen LogP contribution in [0, 0.1) is 18.8 Å². The molecule has 0 heterocycles. The fourth-order valence-corrected chi connectivity index (χ4v) is 1.95. The van der Waals surface area contributed by atoms with Gasteiger partial charge in [-0.15, -0.1) is 0 Å². The van der Waals surface area contributed by atoms with Crippen molar-refractivity contribution >= 4 is 5.91 Å². The fraction of sp³-hybridized carbons (Fsp3) is 0.438. The van der Waals surface area contributed by atoms with E-state index >= 15 is 0 Å². The van der Waals surface area contributed by atoms with Gasteiger partial charge in [0.2, 0.25) is 0 Å². The second kappa shape index (κ2) is 6.56. The van der Waals surface area contributed by atoms with E-state index in [-0.39, 0.29) is 19.0 Å². The van der Waals surface area contributed by atoms with E-state index in [4.69, 9.17) is 5.73 Å². The zero-order valence-corrected chi connectivity index (χ0v) is 12.5. The summed E-state index contributed by atoms with van der Waals surface area (Å²) in [5, 5.41) is 9.80. The Labute approximate surface area is 120 Å². The molecule has 0 bridgehead atoms. The van der Waals surface area contributed by atoms with Crippen LogP contribution in [0.1, 0.15) is 35.3 Å². The zero-order valence-electron chi connectivity index (χ0n) is 12.5. The van der Waals surface area contributed by atoms with Crippen molar-refractivity contribution in [3.8, 4) is 11.8 Å². The minimum Gasteiger partial charge on any atom is -0.389 e. The molecular weight excluding hydrogens is 252 g/mol. The number of nitrogens with zero attached hydrogens (tertiary/aromatic N) is 1. The number of carbonyl (C=O) groups is 1. The summed E-state index contributed by atoms with van der Waals surface area (Å²) in [4.78, 5) is 13.9. The third-order valence-electron chi connectivity index (χ3n) is 2.70. The van der Waals surface area contributed by atoms with Crippen molar-refractivity contribution in [1.29, 1.82) is 0 Å². The molecule has 0 atom stereocenters. The van der Waals surface area contributed by atoms with E-state index in [1.165, 1.54) is 4.90 Å². The summed E-state index contributed by atoms with van der Waals surface area (Å²) in [5.74, 6) is 5.54. The van der Waals surface area contributed by atoms with Crippen molar-refractivity contribution in [2.45, 2.75) is 26.4 Å². The molecule has 1 rings (SSSR count). The molecule has 0 aliphatic carbocycles. The standard InChI is InChI=1S/C16H22N2O2/c1-12-7-8-14(13(10-12)6-5-9-17)15(19)18(4)11-16(2,3)20/h7-8,10,20H,9,11,17H2,1-4H3. The third-order valence-corrected chi connectivity index (χ3v) is 2.70. The Morgan fingerprint density at radius 2 is 2.10 bits per heavy atom. The van der Waals surface area contributed by atoms with Gasteiger partial charge in [0, 0.05) is 19.2 Å². The van der Waals surface area contributed by atoms with Gasteiger partial charge in [0.05, 0.1) is 17.7 Å². The maximum atomic E-state index is 12.4. The smallest absolute Gasteiger partial charge is 0.254 e. The Bertz CT molecular complexity index is 548. The Hall–Kier alpha value is -1.83. The minimum atomic E-state index is -0.932. The molecule has 0 saturated heterocycles. The number of hydrogen-bond acceptors (Lipinski definition) is 3. The van der Waals surface area contributed by atoms with Gasteiger partial charge in [-0.2, -0.15) is 0 Å². The summed E-state index contributed by atoms with van der Waals surface area (Å²) in [7, 11) is 1.67. The van der Waals surface area contributed by atoms with E-state index in [1.807, 2.05) is 19.1 Å². The van der Waals surface area contributed by atoms with Crippen LogP contribution < -0.4 is 5.73 Å². The lowest BCUT2D eigenvalue weighted by molar-refractivity contribution is 0.0367. The highest BCUT2D eigenvalue weighted by atomic mass is 16.3. The summed E-state index contributed by atoms with van der Waals surface area (Å²) < 4.78 is 0. The molecule has 0 fully saturated rings. The molecule has 0 aliphatic rings. The van der Waals surface area contributed by atoms with Gasteiger partial charge in [0.1, 0.15) is 0 Å². The number of carbonyl (C=O) groups excluding carboxylic acids is 1. The number of nitrogens with two attached hydrogens (primary N) is 1. The zero-order chi connectivity index (χ0) is 15.3. The first-order valence-electron chi connectivity index (χ1n) is 6.52. The van der Waals surface area contributed by atoms with E-state index in [0.29, 0.717) is 11.1 Å². The summed E-state index contributed by atoms with van der Waals surface area (Å²) in [6.07, 6.45) is 0. The number of hydrogen-bond donors (Lipinski definition) is 2. The number of benzene rings is 1. The lowest BCUT2D eigenvalue weighted by atomic mass is 10.0. The summed E-state index contributed by atoms with van der Waals surface area (Å²) in [5.41, 5.74) is 6.68. The van der Waals surface area contributed by atoms with Crippen LogP contribution >= 0.6 is 0 Å². The van der Waals surface area contributed by atoms with E-state index in [1.54, 1.807) is 27.0 Å². The van der Waals surface area contributed by atoms with Crippen molar-refractivity contribution < 1.29 is 9.90 Å². The topological polar surface area (TPSA) is 66.6 Å². The summed E-state index contributed by atoms with van der Waals surface area (Å²) >= 11 is 0. The molecule has 1 aromatic carbocycles. The van der Waals surface area contributed by atoms with E-state index in [9.17, 15) is 9.90 Å². The van der Waals surface area contributed by atoms with Crippen LogP contribution in [0.3, 0.4) is 0 Å². The lowest BCUT2D eigenvalue weighted by Crippen LogP contribution is -2.39. The van der Waals surface area contributed by atoms with Crippen LogP contribution in [0.4, 0.5) is 0 Å². The highest BCUT2D eigenvalue weighted by Gasteiger charge is 2.21. The molecule has 0 saturated carbocycles. The average molecular weight is 274 g/mol. The molecule has 4 heteroatoms. The first kappa shape index (κ1) is 16.2. The number of amides is 1. The van der Waals surface area contributed by atoms with Gasteiger partial charge in [-0.3, -0.25) is 4.79 Å². The quantitative estimate of drug-likeness (QED) is 0.813. The van der Waals surface area contributed by atoms with Gasteiger partial charge in [-0.05, 0) is 38.5 Å². The maximum Gasteiger partial charge on any atom is 0.254 e. The normalized spacial score (nSPS) is 10.7.